The predicted molar refractivity (Wildman–Crippen MR) is 59.3 cm³/mol. The van der Waals surface area contributed by atoms with Crippen molar-refractivity contribution in [3.05, 3.63) is 0 Å². The number of hydrogen-bond acceptors (Lipinski definition) is 4. The molecule has 1 fully saturated rings. The predicted octanol–water partition coefficient (Wildman–Crippen LogP) is 1.41. The van der Waals surface area contributed by atoms with Crippen molar-refractivity contribution in [2.45, 2.75) is 31.7 Å². The molecule has 0 amide bonds. The lowest BCUT2D eigenvalue weighted by Crippen LogP contribution is -2.33. The van der Waals surface area contributed by atoms with E-state index in [0.29, 0.717) is 13.0 Å². The molecule has 0 aromatic rings. The van der Waals surface area contributed by atoms with Gasteiger partial charge in [0.1, 0.15) is 6.04 Å². The molecule has 1 aliphatic carbocycles. The van der Waals surface area contributed by atoms with Crippen molar-refractivity contribution >= 4 is 17.7 Å². The third-order valence-corrected chi connectivity index (χ3v) is 3.05. The first-order chi connectivity index (χ1) is 6.74. The van der Waals surface area contributed by atoms with Gasteiger partial charge in [0, 0.05) is 0 Å². The average Bonchev–Trinajstić information content (AvgIpc) is 2.97. The molecule has 82 valence electrons. The number of ether oxygens (including phenoxy) is 1. The lowest BCUT2D eigenvalue weighted by Gasteiger charge is -2.10. The van der Waals surface area contributed by atoms with Crippen LogP contribution in [0.2, 0.25) is 0 Å². The van der Waals surface area contributed by atoms with Crippen LogP contribution >= 0.6 is 11.8 Å². The van der Waals surface area contributed by atoms with E-state index in [2.05, 4.69) is 0 Å². The summed E-state index contributed by atoms with van der Waals surface area (Å²) in [4.78, 5) is 11.3. The molecule has 0 spiro atoms. The maximum Gasteiger partial charge on any atom is 0.322 e. The largest absolute Gasteiger partial charge is 0.465 e. The fourth-order valence-electron chi connectivity index (χ4n) is 1.20. The van der Waals surface area contributed by atoms with Gasteiger partial charge in [0.25, 0.3) is 0 Å². The molecule has 2 N–H and O–H groups in total. The van der Waals surface area contributed by atoms with E-state index in [1.54, 1.807) is 11.8 Å². The molecular weight excluding hydrogens is 198 g/mol. The lowest BCUT2D eigenvalue weighted by atomic mass is 10.2. The minimum Gasteiger partial charge on any atom is -0.465 e. The van der Waals surface area contributed by atoms with Crippen molar-refractivity contribution in [3.63, 3.8) is 0 Å². The molecule has 0 aliphatic heterocycles. The highest BCUT2D eigenvalue weighted by Gasteiger charge is 2.22. The number of thioether (sulfide) groups is 1. The molecule has 1 saturated carbocycles. The van der Waals surface area contributed by atoms with Crippen LogP contribution in [0.1, 0.15) is 25.7 Å². The second kappa shape index (κ2) is 6.30. The Kier molecular flexibility index (Phi) is 5.33. The molecule has 3 nitrogen and oxygen atoms in total. The SMILES string of the molecule is CSCC[C@H](N)C(=O)OCCC1CC1. The van der Waals surface area contributed by atoms with Crippen LogP contribution in [-0.4, -0.2) is 30.6 Å². The second-order valence-corrected chi connectivity index (χ2v) is 4.77. The zero-order valence-corrected chi connectivity index (χ0v) is 9.52. The summed E-state index contributed by atoms with van der Waals surface area (Å²) >= 11 is 1.70. The Bertz CT molecular complexity index is 183. The van der Waals surface area contributed by atoms with Crippen molar-refractivity contribution in [1.29, 1.82) is 0 Å². The molecule has 4 heteroatoms. The normalized spacial score (nSPS) is 17.9. The van der Waals surface area contributed by atoms with Crippen LogP contribution in [0.25, 0.3) is 0 Å². The highest BCUT2D eigenvalue weighted by atomic mass is 32.2. The standard InChI is InChI=1S/C10H19NO2S/c1-14-7-5-9(11)10(12)13-6-4-8-2-3-8/h8-9H,2-7,11H2,1H3/t9-/m0/s1. The van der Waals surface area contributed by atoms with Gasteiger partial charge in [-0.3, -0.25) is 4.79 Å². The van der Waals surface area contributed by atoms with Crippen LogP contribution in [0, 0.1) is 5.92 Å². The Morgan fingerprint density at radius 2 is 2.36 bits per heavy atom. The Morgan fingerprint density at radius 3 is 2.93 bits per heavy atom. The van der Waals surface area contributed by atoms with Gasteiger partial charge in [0.15, 0.2) is 0 Å². The first-order valence-electron chi connectivity index (χ1n) is 5.15. The summed E-state index contributed by atoms with van der Waals surface area (Å²) in [5, 5.41) is 0. The molecule has 0 saturated heterocycles. The fourth-order valence-corrected chi connectivity index (χ4v) is 1.69. The summed E-state index contributed by atoms with van der Waals surface area (Å²) in [6, 6.07) is -0.429. The van der Waals surface area contributed by atoms with Crippen LogP contribution in [0.15, 0.2) is 0 Å². The van der Waals surface area contributed by atoms with Crippen LogP contribution in [0.3, 0.4) is 0 Å². The van der Waals surface area contributed by atoms with Crippen molar-refractivity contribution in [3.8, 4) is 0 Å². The van der Waals surface area contributed by atoms with E-state index >= 15 is 0 Å². The quantitative estimate of drug-likeness (QED) is 0.655. The molecule has 0 bridgehead atoms. The zero-order chi connectivity index (χ0) is 10.4. The minimum atomic E-state index is -0.429. The van der Waals surface area contributed by atoms with Gasteiger partial charge in [0.2, 0.25) is 0 Å². The maximum absolute atomic E-state index is 11.3. The van der Waals surface area contributed by atoms with Crippen LogP contribution in [0.5, 0.6) is 0 Å². The third-order valence-electron chi connectivity index (χ3n) is 2.40. The van der Waals surface area contributed by atoms with Gasteiger partial charge in [-0.05, 0) is 30.8 Å². The fraction of sp³-hybridized carbons (Fsp3) is 0.900. The van der Waals surface area contributed by atoms with Gasteiger partial charge < -0.3 is 10.5 Å². The van der Waals surface area contributed by atoms with Gasteiger partial charge in [-0.1, -0.05) is 12.8 Å². The summed E-state index contributed by atoms with van der Waals surface area (Å²) in [6.07, 6.45) is 6.34. The molecular formula is C10H19NO2S. The molecule has 1 rings (SSSR count). The smallest absolute Gasteiger partial charge is 0.322 e. The van der Waals surface area contributed by atoms with Gasteiger partial charge in [-0.25, -0.2) is 0 Å². The monoisotopic (exact) mass is 217 g/mol. The number of hydrogen-bond donors (Lipinski definition) is 1. The number of esters is 1. The summed E-state index contributed by atoms with van der Waals surface area (Å²) in [7, 11) is 0. The number of nitrogens with two attached hydrogens (primary N) is 1. The third kappa shape index (κ3) is 4.86. The summed E-state index contributed by atoms with van der Waals surface area (Å²) in [5.41, 5.74) is 5.65. The second-order valence-electron chi connectivity index (χ2n) is 3.79. The molecule has 0 aromatic carbocycles. The van der Waals surface area contributed by atoms with E-state index in [-0.39, 0.29) is 5.97 Å². The van der Waals surface area contributed by atoms with Gasteiger partial charge in [-0.15, -0.1) is 0 Å². The number of carbonyl (C=O) groups is 1. The summed E-state index contributed by atoms with van der Waals surface area (Å²) in [6.45, 7) is 0.552. The summed E-state index contributed by atoms with van der Waals surface area (Å²) in [5.74, 6) is 1.49. The van der Waals surface area contributed by atoms with Crippen molar-refractivity contribution in [1.82, 2.24) is 0 Å². The summed E-state index contributed by atoms with van der Waals surface area (Å²) < 4.78 is 5.08. The molecule has 0 radical (unpaired) electrons. The first-order valence-corrected chi connectivity index (χ1v) is 6.54. The van der Waals surface area contributed by atoms with Crippen molar-refractivity contribution < 1.29 is 9.53 Å². The van der Waals surface area contributed by atoms with E-state index in [0.717, 1.165) is 18.1 Å². The van der Waals surface area contributed by atoms with E-state index < -0.39 is 6.04 Å². The van der Waals surface area contributed by atoms with E-state index in [1.165, 1.54) is 12.8 Å². The van der Waals surface area contributed by atoms with Gasteiger partial charge in [0.05, 0.1) is 6.61 Å². The average molecular weight is 217 g/mol. The molecule has 1 aliphatic rings. The maximum atomic E-state index is 11.3. The van der Waals surface area contributed by atoms with Crippen LogP contribution < -0.4 is 5.73 Å². The topological polar surface area (TPSA) is 52.3 Å². The van der Waals surface area contributed by atoms with Crippen LogP contribution in [0.4, 0.5) is 0 Å². The minimum absolute atomic E-state index is 0.236. The van der Waals surface area contributed by atoms with Crippen LogP contribution in [-0.2, 0) is 9.53 Å². The zero-order valence-electron chi connectivity index (χ0n) is 8.70. The Morgan fingerprint density at radius 1 is 1.64 bits per heavy atom. The van der Waals surface area contributed by atoms with E-state index in [1.807, 2.05) is 6.26 Å². The Hall–Kier alpha value is -0.220. The number of rotatable bonds is 7. The first kappa shape index (κ1) is 11.9. The lowest BCUT2D eigenvalue weighted by molar-refractivity contribution is -0.145. The highest BCUT2D eigenvalue weighted by Crippen LogP contribution is 2.32. The van der Waals surface area contributed by atoms with Crippen molar-refractivity contribution in [2.75, 3.05) is 18.6 Å². The highest BCUT2D eigenvalue weighted by molar-refractivity contribution is 7.98. The van der Waals surface area contributed by atoms with Gasteiger partial charge in [-0.2, -0.15) is 11.8 Å². The van der Waals surface area contributed by atoms with E-state index in [9.17, 15) is 4.79 Å². The Balaban J connectivity index is 2.00. The molecule has 14 heavy (non-hydrogen) atoms. The van der Waals surface area contributed by atoms with E-state index in [4.69, 9.17) is 10.5 Å². The molecule has 0 unspecified atom stereocenters. The molecule has 0 heterocycles. The molecule has 1 atom stereocenters. The van der Waals surface area contributed by atoms with Gasteiger partial charge >= 0.3 is 5.97 Å². The molecule has 0 aromatic heterocycles. The Labute approximate surface area is 89.8 Å². The van der Waals surface area contributed by atoms with Crippen molar-refractivity contribution in [2.24, 2.45) is 11.7 Å². The number of carbonyl (C=O) groups excluding carboxylic acids is 1.